The van der Waals surface area contributed by atoms with Crippen LogP contribution in [0.15, 0.2) is 64.8 Å². The first-order valence-corrected chi connectivity index (χ1v) is 12.5. The van der Waals surface area contributed by atoms with Crippen molar-refractivity contribution >= 4 is 17.2 Å². The zero-order valence-corrected chi connectivity index (χ0v) is 19.3. The van der Waals surface area contributed by atoms with Crippen molar-refractivity contribution in [1.29, 1.82) is 0 Å². The molecule has 0 bridgehead atoms. The van der Waals surface area contributed by atoms with Crippen LogP contribution in [-0.2, 0) is 10.2 Å². The highest BCUT2D eigenvalue weighted by molar-refractivity contribution is 7.13. The molecule has 5 rings (SSSR count). The molecule has 2 atom stereocenters. The van der Waals surface area contributed by atoms with Gasteiger partial charge in [0.2, 0.25) is 5.91 Å². The van der Waals surface area contributed by atoms with E-state index in [0.717, 1.165) is 48.2 Å². The van der Waals surface area contributed by atoms with Crippen molar-refractivity contribution in [2.24, 2.45) is 5.92 Å². The molecule has 3 aromatic rings. The molecule has 1 saturated heterocycles. The van der Waals surface area contributed by atoms with Crippen LogP contribution in [0.25, 0.3) is 10.6 Å². The second kappa shape index (κ2) is 8.66. The van der Waals surface area contributed by atoms with Crippen molar-refractivity contribution in [3.05, 3.63) is 75.9 Å². The second-order valence-electron chi connectivity index (χ2n) is 9.22. The third-order valence-electron chi connectivity index (χ3n) is 7.25. The van der Waals surface area contributed by atoms with Gasteiger partial charge in [-0.15, -0.1) is 11.3 Å². The van der Waals surface area contributed by atoms with Crippen molar-refractivity contribution < 1.29 is 4.79 Å². The van der Waals surface area contributed by atoms with Crippen LogP contribution in [0.4, 0.5) is 0 Å². The lowest BCUT2D eigenvalue weighted by Gasteiger charge is -2.41. The SMILES string of the molecule is CC1CN(C(=O)C2(c3ccccc3)CCCC2)CCC1n1nc(-c2cccs2)ccc1=O. The van der Waals surface area contributed by atoms with E-state index in [9.17, 15) is 9.59 Å². The normalized spacial score (nSPS) is 22.7. The van der Waals surface area contributed by atoms with Gasteiger partial charge in [0.25, 0.3) is 5.56 Å². The summed E-state index contributed by atoms with van der Waals surface area (Å²) < 4.78 is 1.66. The first-order valence-electron chi connectivity index (χ1n) is 11.6. The highest BCUT2D eigenvalue weighted by Gasteiger charge is 2.46. The number of rotatable bonds is 4. The van der Waals surface area contributed by atoms with Crippen LogP contribution in [0.3, 0.4) is 0 Å². The maximum Gasteiger partial charge on any atom is 0.267 e. The van der Waals surface area contributed by atoms with Crippen molar-refractivity contribution in [3.8, 4) is 10.6 Å². The number of likely N-dealkylation sites (tertiary alicyclic amines) is 1. The minimum atomic E-state index is -0.387. The van der Waals surface area contributed by atoms with Crippen LogP contribution in [0.2, 0.25) is 0 Å². The molecule has 2 aromatic heterocycles. The Morgan fingerprint density at radius 1 is 1.06 bits per heavy atom. The van der Waals surface area contributed by atoms with Crippen LogP contribution in [0, 0.1) is 5.92 Å². The predicted molar refractivity (Wildman–Crippen MR) is 128 cm³/mol. The van der Waals surface area contributed by atoms with Gasteiger partial charge in [0, 0.05) is 19.2 Å². The number of amides is 1. The summed E-state index contributed by atoms with van der Waals surface area (Å²) >= 11 is 1.62. The van der Waals surface area contributed by atoms with Gasteiger partial charge < -0.3 is 4.90 Å². The van der Waals surface area contributed by atoms with E-state index in [1.54, 1.807) is 28.2 Å². The minimum Gasteiger partial charge on any atom is -0.342 e. The van der Waals surface area contributed by atoms with Gasteiger partial charge in [-0.2, -0.15) is 5.10 Å². The van der Waals surface area contributed by atoms with E-state index < -0.39 is 0 Å². The smallest absolute Gasteiger partial charge is 0.267 e. The van der Waals surface area contributed by atoms with Crippen LogP contribution >= 0.6 is 11.3 Å². The lowest BCUT2D eigenvalue weighted by molar-refractivity contribution is -0.139. The average molecular weight is 448 g/mol. The van der Waals surface area contributed by atoms with E-state index in [1.807, 2.05) is 40.6 Å². The molecule has 5 nitrogen and oxygen atoms in total. The van der Waals surface area contributed by atoms with Gasteiger partial charge in [-0.1, -0.05) is 56.2 Å². The summed E-state index contributed by atoms with van der Waals surface area (Å²) in [6, 6.07) is 17.8. The van der Waals surface area contributed by atoms with Crippen molar-refractivity contribution in [1.82, 2.24) is 14.7 Å². The Bertz CT molecular complexity index is 1130. The largest absolute Gasteiger partial charge is 0.342 e. The minimum absolute atomic E-state index is 0.00251. The second-order valence-corrected chi connectivity index (χ2v) is 10.2. The highest BCUT2D eigenvalue weighted by atomic mass is 32.1. The number of hydrogen-bond acceptors (Lipinski definition) is 4. The quantitative estimate of drug-likeness (QED) is 0.572. The Kier molecular flexibility index (Phi) is 5.72. The number of benzene rings is 1. The van der Waals surface area contributed by atoms with Gasteiger partial charge >= 0.3 is 0 Å². The summed E-state index contributed by atoms with van der Waals surface area (Å²) in [5, 5.41) is 6.73. The summed E-state index contributed by atoms with van der Waals surface area (Å²) in [5.41, 5.74) is 1.53. The lowest BCUT2D eigenvalue weighted by Crippen LogP contribution is -2.51. The Morgan fingerprint density at radius 3 is 2.53 bits per heavy atom. The van der Waals surface area contributed by atoms with Crippen molar-refractivity contribution in [3.63, 3.8) is 0 Å². The Hall–Kier alpha value is -2.73. The third kappa shape index (κ3) is 3.71. The molecule has 32 heavy (non-hydrogen) atoms. The molecule has 0 spiro atoms. The van der Waals surface area contributed by atoms with E-state index in [2.05, 4.69) is 19.1 Å². The zero-order chi connectivity index (χ0) is 22.1. The molecule has 0 N–H and O–H groups in total. The van der Waals surface area contributed by atoms with Crippen molar-refractivity contribution in [2.45, 2.75) is 50.5 Å². The zero-order valence-electron chi connectivity index (χ0n) is 18.4. The molecule has 1 aliphatic heterocycles. The Morgan fingerprint density at radius 2 is 1.84 bits per heavy atom. The van der Waals surface area contributed by atoms with Crippen molar-refractivity contribution in [2.75, 3.05) is 13.1 Å². The molecule has 166 valence electrons. The monoisotopic (exact) mass is 447 g/mol. The molecular formula is C26H29N3O2S. The van der Waals surface area contributed by atoms with Crippen LogP contribution in [-0.4, -0.2) is 33.7 Å². The molecule has 2 fully saturated rings. The van der Waals surface area contributed by atoms with E-state index in [-0.39, 0.29) is 28.8 Å². The molecule has 6 heteroatoms. The fraction of sp³-hybridized carbons (Fsp3) is 0.423. The molecule has 3 heterocycles. The molecule has 0 radical (unpaired) electrons. The molecule has 2 aliphatic rings. The average Bonchev–Trinajstić information content (AvgIpc) is 3.53. The fourth-order valence-corrected chi connectivity index (χ4v) is 6.25. The molecule has 1 saturated carbocycles. The van der Waals surface area contributed by atoms with Crippen LogP contribution in [0.1, 0.15) is 50.6 Å². The molecular weight excluding hydrogens is 418 g/mol. The summed E-state index contributed by atoms with van der Waals surface area (Å²) in [7, 11) is 0. The van der Waals surface area contributed by atoms with Crippen LogP contribution < -0.4 is 5.56 Å². The number of nitrogens with zero attached hydrogens (tertiary/aromatic N) is 3. The van der Waals surface area contributed by atoms with Gasteiger partial charge in [0.1, 0.15) is 5.69 Å². The number of aromatic nitrogens is 2. The van der Waals surface area contributed by atoms with Gasteiger partial charge in [0.15, 0.2) is 0 Å². The van der Waals surface area contributed by atoms with Gasteiger partial charge in [0.05, 0.1) is 16.3 Å². The first-order chi connectivity index (χ1) is 15.6. The lowest BCUT2D eigenvalue weighted by atomic mass is 9.77. The maximum absolute atomic E-state index is 13.8. The van der Waals surface area contributed by atoms with Gasteiger partial charge in [-0.05, 0) is 48.3 Å². The molecule has 1 amide bonds. The number of thiophene rings is 1. The number of carbonyl (C=O) groups excluding carboxylic acids is 1. The number of hydrogen-bond donors (Lipinski definition) is 0. The third-order valence-corrected chi connectivity index (χ3v) is 8.15. The first kappa shape index (κ1) is 21.1. The van der Waals surface area contributed by atoms with E-state index in [0.29, 0.717) is 13.1 Å². The fourth-order valence-electron chi connectivity index (χ4n) is 5.56. The Labute approximate surface area is 192 Å². The van der Waals surface area contributed by atoms with E-state index in [4.69, 9.17) is 5.10 Å². The van der Waals surface area contributed by atoms with E-state index in [1.165, 1.54) is 0 Å². The van der Waals surface area contributed by atoms with Gasteiger partial charge in [-0.3, -0.25) is 9.59 Å². The molecule has 1 aliphatic carbocycles. The standard InChI is InChI=1S/C26H29N3O2S/c1-19-18-28(25(31)26(14-5-6-15-26)20-8-3-2-4-9-20)16-13-22(19)29-24(30)12-11-21(27-29)23-10-7-17-32-23/h2-4,7-12,17,19,22H,5-6,13-16,18H2,1H3. The summed E-state index contributed by atoms with van der Waals surface area (Å²) in [6.07, 6.45) is 4.80. The maximum atomic E-state index is 13.8. The number of carbonyl (C=O) groups is 1. The summed E-state index contributed by atoms with van der Waals surface area (Å²) in [6.45, 7) is 3.47. The summed E-state index contributed by atoms with van der Waals surface area (Å²) in [4.78, 5) is 29.6. The Balaban J connectivity index is 1.37. The topological polar surface area (TPSA) is 55.2 Å². The number of piperidine rings is 1. The van der Waals surface area contributed by atoms with E-state index >= 15 is 0 Å². The highest BCUT2D eigenvalue weighted by Crippen LogP contribution is 2.43. The molecule has 1 aromatic carbocycles. The van der Waals surface area contributed by atoms with Crippen LogP contribution in [0.5, 0.6) is 0 Å². The summed E-state index contributed by atoms with van der Waals surface area (Å²) in [5.74, 6) is 0.421. The van der Waals surface area contributed by atoms with Gasteiger partial charge in [-0.25, -0.2) is 4.68 Å². The predicted octanol–water partition coefficient (Wildman–Crippen LogP) is 4.89. The molecule has 2 unspecified atom stereocenters.